The fourth-order valence-corrected chi connectivity index (χ4v) is 7.12. The Morgan fingerprint density at radius 1 is 0.452 bits per heavy atom. The fourth-order valence-electron chi connectivity index (χ4n) is 6.37. The first-order valence-electron chi connectivity index (χ1n) is 23.7. The van der Waals surface area contributed by atoms with Gasteiger partial charge in [0.25, 0.3) is 23.0 Å². The lowest BCUT2D eigenvalue weighted by atomic mass is 10.0. The normalized spacial score (nSPS) is 10.8. The molecule has 0 saturated heterocycles. The fraction of sp³-hybridized carbons (Fsp3) is 0.480. The van der Waals surface area contributed by atoms with Crippen molar-refractivity contribution in [2.45, 2.75) is 50.5 Å². The van der Waals surface area contributed by atoms with E-state index in [1.807, 2.05) is 0 Å². The molecule has 400 valence electrons. The molecule has 0 heterocycles. The van der Waals surface area contributed by atoms with E-state index in [9.17, 15) is 38.4 Å². The third-order valence-corrected chi connectivity index (χ3v) is 11.2. The van der Waals surface area contributed by atoms with Gasteiger partial charge in [0, 0.05) is 81.0 Å². The summed E-state index contributed by atoms with van der Waals surface area (Å²) in [5.41, 5.74) is -0.0258. The van der Waals surface area contributed by atoms with Gasteiger partial charge >= 0.3 is 5.97 Å². The summed E-state index contributed by atoms with van der Waals surface area (Å²) >= 11 is 0.725. The molecule has 0 aliphatic rings. The Bertz CT molecular complexity index is 1970. The van der Waals surface area contributed by atoms with Crippen molar-refractivity contribution in [1.82, 2.24) is 37.2 Å². The van der Waals surface area contributed by atoms with Crippen molar-refractivity contribution in [3.63, 3.8) is 0 Å². The van der Waals surface area contributed by atoms with Crippen molar-refractivity contribution >= 4 is 58.4 Å². The number of methoxy groups -OCH3 is 3. The SMILES string of the molecule is COc1ccc(C(=O)NCCCNC(=O)CCOCC(COCCC(=O)NCCCNC(=O)c2ccc(OC)cc2)(COCCC(=O)NCCCNC(=O)c2ccc(OC)cc2)NC(=O)SCCC(=O)O)cc1. The molecule has 0 aliphatic heterocycles. The van der Waals surface area contributed by atoms with Gasteiger partial charge in [-0.05, 0) is 92.1 Å². The molecule has 7 amide bonds. The summed E-state index contributed by atoms with van der Waals surface area (Å²) in [6.45, 7) is 0.783. The van der Waals surface area contributed by atoms with Crippen LogP contribution >= 0.6 is 11.8 Å². The number of carbonyl (C=O) groups excluding carboxylic acids is 7. The highest BCUT2D eigenvalue weighted by atomic mass is 32.2. The van der Waals surface area contributed by atoms with E-state index in [1.54, 1.807) is 72.8 Å². The molecule has 0 bridgehead atoms. The second kappa shape index (κ2) is 35.2. The number of amides is 7. The molecule has 8 N–H and O–H groups in total. The summed E-state index contributed by atoms with van der Waals surface area (Å²) < 4.78 is 33.1. The second-order valence-corrected chi connectivity index (χ2v) is 17.2. The molecule has 0 radical (unpaired) electrons. The maximum atomic E-state index is 13.2. The predicted molar refractivity (Wildman–Crippen MR) is 271 cm³/mol. The van der Waals surface area contributed by atoms with E-state index in [1.165, 1.54) is 21.3 Å². The van der Waals surface area contributed by atoms with Gasteiger partial charge < -0.3 is 70.7 Å². The van der Waals surface area contributed by atoms with Crippen LogP contribution in [0.15, 0.2) is 72.8 Å². The van der Waals surface area contributed by atoms with Gasteiger partial charge in [-0.1, -0.05) is 11.8 Å². The number of carboxylic acids is 1. The zero-order valence-electron chi connectivity index (χ0n) is 41.6. The molecule has 3 rings (SSSR count). The van der Waals surface area contributed by atoms with Gasteiger partial charge in [0.2, 0.25) is 17.7 Å². The predicted octanol–water partition coefficient (Wildman–Crippen LogP) is 2.70. The molecular weight excluding hydrogens is 971 g/mol. The van der Waals surface area contributed by atoms with Gasteiger partial charge in [0.15, 0.2) is 0 Å². The molecule has 0 unspecified atom stereocenters. The third kappa shape index (κ3) is 25.8. The number of aliphatic carboxylic acids is 1. The van der Waals surface area contributed by atoms with E-state index in [4.69, 9.17) is 33.5 Å². The maximum absolute atomic E-state index is 13.2. The number of nitrogens with one attached hydrogen (secondary N) is 7. The number of hydrogen-bond donors (Lipinski definition) is 8. The number of ether oxygens (including phenoxy) is 6. The standard InChI is InChI=1S/C50H69N7O15S/c1-67-39-13-7-36(8-14-39)46(63)54-26-4-23-51-42(58)19-29-70-33-50(57-49(66)73-32-22-45(61)62,34-71-30-20-43(59)52-24-5-27-55-47(64)37-9-15-40(68-2)16-10-37)35-72-31-21-44(60)53-25-6-28-56-48(65)38-11-17-41(69-3)18-12-38/h7-18H,4-6,19-35H2,1-3H3,(H,51,58)(H,52,59)(H,53,60)(H,54,63)(H,55,64)(H,56,65)(H,57,66)(H,61,62). The van der Waals surface area contributed by atoms with Crippen LogP contribution in [-0.2, 0) is 33.4 Å². The third-order valence-electron chi connectivity index (χ3n) is 10.4. The lowest BCUT2D eigenvalue weighted by Crippen LogP contribution is -2.58. The Kier molecular flexibility index (Phi) is 29.1. The lowest BCUT2D eigenvalue weighted by molar-refractivity contribution is -0.136. The van der Waals surface area contributed by atoms with Gasteiger partial charge in [0.1, 0.15) is 22.8 Å². The molecule has 0 aromatic heterocycles. The molecule has 0 fully saturated rings. The number of carbonyl (C=O) groups is 8. The Labute approximate surface area is 429 Å². The van der Waals surface area contributed by atoms with E-state index in [2.05, 4.69) is 37.2 Å². The van der Waals surface area contributed by atoms with Crippen LogP contribution in [-0.4, -0.2) is 163 Å². The van der Waals surface area contributed by atoms with E-state index >= 15 is 0 Å². The minimum atomic E-state index is -1.43. The zero-order valence-corrected chi connectivity index (χ0v) is 42.5. The van der Waals surface area contributed by atoms with E-state index in [0.717, 1.165) is 11.8 Å². The molecule has 0 spiro atoms. The summed E-state index contributed by atoms with van der Waals surface area (Å²) in [7, 11) is 4.60. The maximum Gasteiger partial charge on any atom is 0.304 e. The van der Waals surface area contributed by atoms with Crippen molar-refractivity contribution in [1.29, 1.82) is 0 Å². The quantitative estimate of drug-likeness (QED) is 0.0385. The van der Waals surface area contributed by atoms with Crippen LogP contribution in [0.1, 0.15) is 76.0 Å². The number of benzene rings is 3. The minimum Gasteiger partial charge on any atom is -0.497 e. The lowest BCUT2D eigenvalue weighted by Gasteiger charge is -2.34. The van der Waals surface area contributed by atoms with Crippen molar-refractivity contribution in [2.75, 3.05) is 106 Å². The van der Waals surface area contributed by atoms with Crippen molar-refractivity contribution in [3.05, 3.63) is 89.5 Å². The first-order valence-corrected chi connectivity index (χ1v) is 24.7. The van der Waals surface area contributed by atoms with Gasteiger partial charge in [-0.15, -0.1) is 0 Å². The average molecular weight is 1040 g/mol. The summed E-state index contributed by atoms with van der Waals surface area (Å²) in [5, 5.41) is 28.1. The average Bonchev–Trinajstić information content (AvgIpc) is 3.39. The van der Waals surface area contributed by atoms with E-state index < -0.39 is 16.7 Å². The van der Waals surface area contributed by atoms with E-state index in [-0.39, 0.29) is 126 Å². The van der Waals surface area contributed by atoms with Crippen LogP contribution in [0.5, 0.6) is 17.2 Å². The Morgan fingerprint density at radius 2 is 0.753 bits per heavy atom. The second-order valence-electron chi connectivity index (χ2n) is 16.2. The Hall–Kier alpha value is -6.95. The summed E-state index contributed by atoms with van der Waals surface area (Å²) in [4.78, 5) is 99.8. The van der Waals surface area contributed by atoms with Crippen LogP contribution < -0.4 is 51.4 Å². The zero-order chi connectivity index (χ0) is 53.1. The van der Waals surface area contributed by atoms with Gasteiger partial charge in [-0.2, -0.15) is 0 Å². The molecular formula is C50H69N7O15S. The number of carboxylic acid groups (broad SMARTS) is 1. The summed E-state index contributed by atoms with van der Waals surface area (Å²) in [6, 6.07) is 20.0. The molecule has 23 heteroatoms. The summed E-state index contributed by atoms with van der Waals surface area (Å²) in [6.07, 6.45) is 0.909. The van der Waals surface area contributed by atoms with Crippen molar-refractivity contribution in [3.8, 4) is 17.2 Å². The molecule has 22 nitrogen and oxygen atoms in total. The van der Waals surface area contributed by atoms with Crippen LogP contribution in [0.2, 0.25) is 0 Å². The molecule has 0 aliphatic carbocycles. The van der Waals surface area contributed by atoms with Gasteiger partial charge in [0.05, 0.1) is 67.4 Å². The smallest absolute Gasteiger partial charge is 0.304 e. The first kappa shape index (κ1) is 60.4. The number of rotatable bonds is 37. The monoisotopic (exact) mass is 1040 g/mol. The number of thioether (sulfide) groups is 1. The molecule has 0 atom stereocenters. The summed E-state index contributed by atoms with van der Waals surface area (Å²) in [5.74, 6) is -1.04. The highest BCUT2D eigenvalue weighted by Crippen LogP contribution is 2.16. The van der Waals surface area contributed by atoms with Gasteiger partial charge in [-0.25, -0.2) is 0 Å². The molecule has 0 saturated carbocycles. The van der Waals surface area contributed by atoms with Crippen LogP contribution in [0.4, 0.5) is 4.79 Å². The molecule has 3 aromatic rings. The largest absolute Gasteiger partial charge is 0.497 e. The Morgan fingerprint density at radius 3 is 1.04 bits per heavy atom. The van der Waals surface area contributed by atoms with Crippen LogP contribution in [0.3, 0.4) is 0 Å². The van der Waals surface area contributed by atoms with E-state index in [0.29, 0.717) is 72.8 Å². The first-order chi connectivity index (χ1) is 35.3. The van der Waals surface area contributed by atoms with Crippen LogP contribution in [0.25, 0.3) is 0 Å². The van der Waals surface area contributed by atoms with Crippen molar-refractivity contribution in [2.24, 2.45) is 0 Å². The highest BCUT2D eigenvalue weighted by Gasteiger charge is 2.34. The molecule has 3 aromatic carbocycles. The number of hydrogen-bond acceptors (Lipinski definition) is 15. The van der Waals surface area contributed by atoms with Crippen molar-refractivity contribution < 1.29 is 71.9 Å². The molecule has 73 heavy (non-hydrogen) atoms. The van der Waals surface area contributed by atoms with Gasteiger partial charge in [-0.3, -0.25) is 38.4 Å². The highest BCUT2D eigenvalue weighted by molar-refractivity contribution is 8.13. The van der Waals surface area contributed by atoms with Crippen LogP contribution in [0, 0.1) is 0 Å². The topological polar surface area (TPSA) is 296 Å². The minimum absolute atomic E-state index is 0.0399. The Balaban J connectivity index is 1.52.